The molecule has 0 spiro atoms. The number of hydrogen-bond donors (Lipinski definition) is 1. The second kappa shape index (κ2) is 5.50. The van der Waals surface area contributed by atoms with Gasteiger partial charge >= 0.3 is 0 Å². The predicted octanol–water partition coefficient (Wildman–Crippen LogP) is 2.60. The fraction of sp³-hybridized carbons (Fsp3) is 1.00. The molecule has 0 amide bonds. The van der Waals surface area contributed by atoms with Crippen LogP contribution in [0.2, 0.25) is 0 Å². The van der Waals surface area contributed by atoms with Crippen molar-refractivity contribution in [3.8, 4) is 0 Å². The number of nitrogens with zero attached hydrogens (tertiary/aromatic N) is 1. The number of hydrogen-bond acceptors (Lipinski definition) is 2. The molecule has 2 atom stereocenters. The summed E-state index contributed by atoms with van der Waals surface area (Å²) in [5.41, 5.74) is 0. The smallest absolute Gasteiger partial charge is 0.00194 e. The van der Waals surface area contributed by atoms with Gasteiger partial charge in [-0.15, -0.1) is 0 Å². The Balaban J connectivity index is 1.57. The molecular formula is C16H30N2. The van der Waals surface area contributed by atoms with E-state index in [-0.39, 0.29) is 0 Å². The van der Waals surface area contributed by atoms with Crippen molar-refractivity contribution in [2.45, 2.75) is 39.5 Å². The maximum Gasteiger partial charge on any atom is 0.00194 e. The molecule has 0 aromatic rings. The SMILES string of the molecule is CC1CNCC(C)CN(CC(C2CC2)C2CC2)C1. The molecule has 3 aliphatic rings. The molecule has 2 nitrogen and oxygen atoms in total. The van der Waals surface area contributed by atoms with Crippen molar-refractivity contribution in [2.24, 2.45) is 29.6 Å². The summed E-state index contributed by atoms with van der Waals surface area (Å²) in [6.45, 7) is 11.2. The Kier molecular flexibility index (Phi) is 3.95. The summed E-state index contributed by atoms with van der Waals surface area (Å²) in [6.07, 6.45) is 6.12. The van der Waals surface area contributed by atoms with Crippen LogP contribution in [0, 0.1) is 29.6 Å². The molecule has 1 heterocycles. The summed E-state index contributed by atoms with van der Waals surface area (Å²) in [7, 11) is 0. The summed E-state index contributed by atoms with van der Waals surface area (Å²) in [4.78, 5) is 2.80. The van der Waals surface area contributed by atoms with E-state index in [1.54, 1.807) is 0 Å². The Morgan fingerprint density at radius 3 is 1.89 bits per heavy atom. The van der Waals surface area contributed by atoms with Gasteiger partial charge in [0.15, 0.2) is 0 Å². The van der Waals surface area contributed by atoms with Gasteiger partial charge in [0.1, 0.15) is 0 Å². The third-order valence-corrected chi connectivity index (χ3v) is 5.05. The van der Waals surface area contributed by atoms with Crippen LogP contribution in [0.5, 0.6) is 0 Å². The van der Waals surface area contributed by atoms with E-state index in [1.165, 1.54) is 58.4 Å². The molecule has 3 rings (SSSR count). The minimum Gasteiger partial charge on any atom is -0.316 e. The standard InChI is InChI=1S/C16H30N2/c1-12-7-17-8-13(2)10-18(9-12)11-16(14-3-4-14)15-5-6-15/h12-17H,3-11H2,1-2H3. The lowest BCUT2D eigenvalue weighted by molar-refractivity contribution is 0.146. The molecule has 2 saturated carbocycles. The number of rotatable bonds is 4. The zero-order valence-electron chi connectivity index (χ0n) is 12.2. The van der Waals surface area contributed by atoms with Crippen LogP contribution in [0.3, 0.4) is 0 Å². The summed E-state index contributed by atoms with van der Waals surface area (Å²) in [6, 6.07) is 0. The zero-order chi connectivity index (χ0) is 12.5. The van der Waals surface area contributed by atoms with Gasteiger partial charge in [-0.3, -0.25) is 0 Å². The maximum absolute atomic E-state index is 3.60. The van der Waals surface area contributed by atoms with Crippen LogP contribution in [0.1, 0.15) is 39.5 Å². The second-order valence-electron chi connectivity index (χ2n) is 7.43. The normalized spacial score (nSPS) is 35.5. The highest BCUT2D eigenvalue weighted by Gasteiger charge is 2.42. The first-order valence-electron chi connectivity index (χ1n) is 8.15. The highest BCUT2D eigenvalue weighted by molar-refractivity contribution is 4.93. The van der Waals surface area contributed by atoms with Crippen LogP contribution in [0.15, 0.2) is 0 Å². The topological polar surface area (TPSA) is 15.3 Å². The van der Waals surface area contributed by atoms with Gasteiger partial charge in [0.25, 0.3) is 0 Å². The van der Waals surface area contributed by atoms with Gasteiger partial charge in [-0.25, -0.2) is 0 Å². The van der Waals surface area contributed by atoms with Crippen molar-refractivity contribution >= 4 is 0 Å². The fourth-order valence-corrected chi connectivity index (χ4v) is 3.84. The number of nitrogens with one attached hydrogen (secondary N) is 1. The molecule has 2 aliphatic carbocycles. The minimum absolute atomic E-state index is 0.816. The third-order valence-electron chi connectivity index (χ3n) is 5.05. The predicted molar refractivity (Wildman–Crippen MR) is 76.6 cm³/mol. The molecule has 2 unspecified atom stereocenters. The van der Waals surface area contributed by atoms with Gasteiger partial charge in [-0.05, 0) is 68.4 Å². The molecule has 1 N–H and O–H groups in total. The molecule has 0 aromatic carbocycles. The molecule has 2 heteroatoms. The summed E-state index contributed by atoms with van der Waals surface area (Å²) in [5, 5.41) is 3.60. The molecule has 1 saturated heterocycles. The van der Waals surface area contributed by atoms with E-state index in [0.29, 0.717) is 0 Å². The Morgan fingerprint density at radius 1 is 0.944 bits per heavy atom. The average Bonchev–Trinajstić information content (AvgIpc) is 3.13. The highest BCUT2D eigenvalue weighted by Crippen LogP contribution is 2.49. The molecule has 3 fully saturated rings. The Hall–Kier alpha value is -0.0800. The van der Waals surface area contributed by atoms with Gasteiger partial charge in [0.05, 0.1) is 0 Å². The van der Waals surface area contributed by atoms with Crippen molar-refractivity contribution in [1.82, 2.24) is 10.2 Å². The monoisotopic (exact) mass is 250 g/mol. The van der Waals surface area contributed by atoms with Gasteiger partial charge < -0.3 is 10.2 Å². The summed E-state index contributed by atoms with van der Waals surface area (Å²) in [5.74, 6) is 4.89. The van der Waals surface area contributed by atoms with Crippen LogP contribution < -0.4 is 5.32 Å². The average molecular weight is 250 g/mol. The lowest BCUT2D eigenvalue weighted by Gasteiger charge is -2.34. The highest BCUT2D eigenvalue weighted by atomic mass is 15.1. The van der Waals surface area contributed by atoms with E-state index in [1.807, 2.05) is 0 Å². The molecule has 1 aliphatic heterocycles. The molecule has 0 bridgehead atoms. The third kappa shape index (κ3) is 3.48. The maximum atomic E-state index is 3.60. The Bertz CT molecular complexity index is 246. The minimum atomic E-state index is 0.816. The van der Waals surface area contributed by atoms with Crippen LogP contribution in [-0.2, 0) is 0 Å². The summed E-state index contributed by atoms with van der Waals surface area (Å²) >= 11 is 0. The van der Waals surface area contributed by atoms with Gasteiger partial charge in [0, 0.05) is 19.6 Å². The largest absolute Gasteiger partial charge is 0.316 e. The van der Waals surface area contributed by atoms with Crippen LogP contribution in [-0.4, -0.2) is 37.6 Å². The van der Waals surface area contributed by atoms with Crippen molar-refractivity contribution < 1.29 is 0 Å². The first kappa shape index (κ1) is 12.9. The van der Waals surface area contributed by atoms with Crippen molar-refractivity contribution in [1.29, 1.82) is 0 Å². The lowest BCUT2D eigenvalue weighted by atomic mass is 9.95. The first-order chi connectivity index (χ1) is 8.72. The molecule has 0 radical (unpaired) electrons. The summed E-state index contributed by atoms with van der Waals surface area (Å²) < 4.78 is 0. The quantitative estimate of drug-likeness (QED) is 0.825. The van der Waals surface area contributed by atoms with E-state index >= 15 is 0 Å². The molecule has 104 valence electrons. The fourth-order valence-electron chi connectivity index (χ4n) is 3.84. The van der Waals surface area contributed by atoms with E-state index in [2.05, 4.69) is 24.1 Å². The van der Waals surface area contributed by atoms with Crippen LogP contribution in [0.4, 0.5) is 0 Å². The Labute approximate surface area is 113 Å². The first-order valence-corrected chi connectivity index (χ1v) is 8.15. The van der Waals surface area contributed by atoms with Crippen molar-refractivity contribution in [3.63, 3.8) is 0 Å². The zero-order valence-corrected chi connectivity index (χ0v) is 12.2. The molecule has 0 aromatic heterocycles. The van der Waals surface area contributed by atoms with Crippen LogP contribution in [0.25, 0.3) is 0 Å². The Morgan fingerprint density at radius 2 is 1.44 bits per heavy atom. The van der Waals surface area contributed by atoms with Crippen molar-refractivity contribution in [2.75, 3.05) is 32.7 Å². The van der Waals surface area contributed by atoms with E-state index in [0.717, 1.165) is 29.6 Å². The molecule has 18 heavy (non-hydrogen) atoms. The van der Waals surface area contributed by atoms with Crippen molar-refractivity contribution in [3.05, 3.63) is 0 Å². The van der Waals surface area contributed by atoms with Gasteiger partial charge in [0.2, 0.25) is 0 Å². The molecular weight excluding hydrogens is 220 g/mol. The second-order valence-corrected chi connectivity index (χ2v) is 7.43. The lowest BCUT2D eigenvalue weighted by Crippen LogP contribution is -2.44. The van der Waals surface area contributed by atoms with E-state index in [4.69, 9.17) is 0 Å². The van der Waals surface area contributed by atoms with E-state index < -0.39 is 0 Å². The van der Waals surface area contributed by atoms with Gasteiger partial charge in [-0.1, -0.05) is 13.8 Å². The van der Waals surface area contributed by atoms with Crippen LogP contribution >= 0.6 is 0 Å². The van der Waals surface area contributed by atoms with E-state index in [9.17, 15) is 0 Å². The van der Waals surface area contributed by atoms with Gasteiger partial charge in [-0.2, -0.15) is 0 Å².